The highest BCUT2D eigenvalue weighted by Crippen LogP contribution is 2.28. The van der Waals surface area contributed by atoms with E-state index in [2.05, 4.69) is 24.1 Å². The molecule has 2 fully saturated rings. The molecule has 0 aromatic carbocycles. The molecule has 2 bridgehead atoms. The van der Waals surface area contributed by atoms with E-state index in [1.54, 1.807) is 6.92 Å². The van der Waals surface area contributed by atoms with Gasteiger partial charge in [-0.25, -0.2) is 0 Å². The number of hydrogen-bond acceptors (Lipinski definition) is 3. The summed E-state index contributed by atoms with van der Waals surface area (Å²) in [5, 5.41) is 3.08. The average Bonchev–Trinajstić information content (AvgIpc) is 2.28. The molecule has 4 heteroatoms. The van der Waals surface area contributed by atoms with E-state index in [1.807, 2.05) is 0 Å². The number of nitrogens with zero attached hydrogens (tertiary/aromatic N) is 1. The minimum atomic E-state index is 0.0947. The van der Waals surface area contributed by atoms with Crippen molar-refractivity contribution in [1.82, 2.24) is 10.2 Å². The van der Waals surface area contributed by atoms with Gasteiger partial charge in [-0.3, -0.25) is 9.69 Å². The van der Waals surface area contributed by atoms with E-state index in [-0.39, 0.29) is 5.91 Å². The average molecular weight is 268 g/mol. The van der Waals surface area contributed by atoms with Crippen molar-refractivity contribution in [2.24, 2.45) is 5.92 Å². The maximum Gasteiger partial charge on any atom is 0.217 e. The number of amides is 1. The molecule has 0 spiro atoms. The van der Waals surface area contributed by atoms with Crippen LogP contribution >= 0.6 is 0 Å². The van der Waals surface area contributed by atoms with Crippen LogP contribution < -0.4 is 5.32 Å². The van der Waals surface area contributed by atoms with Crippen LogP contribution in [0.2, 0.25) is 0 Å². The Morgan fingerprint density at radius 2 is 1.95 bits per heavy atom. The lowest BCUT2D eigenvalue weighted by atomic mass is 9.89. The third kappa shape index (κ3) is 4.18. The van der Waals surface area contributed by atoms with E-state index in [4.69, 9.17) is 4.74 Å². The van der Waals surface area contributed by atoms with Crippen LogP contribution in [0.1, 0.15) is 46.5 Å². The Balaban J connectivity index is 1.86. The molecule has 0 aromatic rings. The highest BCUT2D eigenvalue weighted by molar-refractivity contribution is 5.73. The van der Waals surface area contributed by atoms with Crippen LogP contribution in [0.15, 0.2) is 0 Å². The third-order valence-corrected chi connectivity index (χ3v) is 4.28. The lowest BCUT2D eigenvalue weighted by molar-refractivity contribution is -0.122. The molecule has 2 aliphatic heterocycles. The lowest BCUT2D eigenvalue weighted by Gasteiger charge is -2.48. The SMILES string of the molecule is CC(=O)NC1CC2COCC(C1)N2CCCC(C)C. The van der Waals surface area contributed by atoms with Gasteiger partial charge >= 0.3 is 0 Å². The van der Waals surface area contributed by atoms with Crippen LogP contribution in [0.4, 0.5) is 0 Å². The first-order chi connectivity index (χ1) is 9.06. The first-order valence-electron chi connectivity index (χ1n) is 7.67. The second-order valence-electron chi connectivity index (χ2n) is 6.49. The summed E-state index contributed by atoms with van der Waals surface area (Å²) in [7, 11) is 0. The first-order valence-corrected chi connectivity index (χ1v) is 7.67. The highest BCUT2D eigenvalue weighted by atomic mass is 16.5. The number of carbonyl (C=O) groups excluding carboxylic acids is 1. The number of fused-ring (bicyclic) bond motifs is 2. The Morgan fingerprint density at radius 3 is 2.47 bits per heavy atom. The summed E-state index contributed by atoms with van der Waals surface area (Å²) < 4.78 is 5.69. The van der Waals surface area contributed by atoms with Crippen molar-refractivity contribution in [2.45, 2.75) is 64.6 Å². The molecule has 2 unspecified atom stereocenters. The maximum atomic E-state index is 11.2. The monoisotopic (exact) mass is 268 g/mol. The van der Waals surface area contributed by atoms with Crippen LogP contribution in [-0.2, 0) is 9.53 Å². The second-order valence-corrected chi connectivity index (χ2v) is 6.49. The molecule has 1 amide bonds. The molecule has 2 rings (SSSR count). The van der Waals surface area contributed by atoms with Gasteiger partial charge in [0.2, 0.25) is 5.91 Å². The molecule has 0 aromatic heterocycles. The molecule has 2 aliphatic rings. The Bertz CT molecular complexity index is 293. The fraction of sp³-hybridized carbons (Fsp3) is 0.933. The van der Waals surface area contributed by atoms with Crippen molar-refractivity contribution in [3.8, 4) is 0 Å². The number of ether oxygens (including phenoxy) is 1. The first kappa shape index (κ1) is 14.8. The fourth-order valence-corrected chi connectivity index (χ4v) is 3.44. The van der Waals surface area contributed by atoms with Gasteiger partial charge in [0.25, 0.3) is 0 Å². The second kappa shape index (κ2) is 6.71. The summed E-state index contributed by atoms with van der Waals surface area (Å²) in [4.78, 5) is 13.8. The molecule has 110 valence electrons. The zero-order valence-corrected chi connectivity index (χ0v) is 12.5. The van der Waals surface area contributed by atoms with Crippen LogP contribution in [0.3, 0.4) is 0 Å². The lowest BCUT2D eigenvalue weighted by Crippen LogP contribution is -2.60. The molecular weight excluding hydrogens is 240 g/mol. The zero-order chi connectivity index (χ0) is 13.8. The molecule has 4 nitrogen and oxygen atoms in total. The summed E-state index contributed by atoms with van der Waals surface area (Å²) in [6, 6.07) is 1.34. The predicted octanol–water partition coefficient (Wildman–Crippen LogP) is 1.79. The number of nitrogens with one attached hydrogen (secondary N) is 1. The summed E-state index contributed by atoms with van der Waals surface area (Å²) in [5.74, 6) is 0.880. The maximum absolute atomic E-state index is 11.2. The van der Waals surface area contributed by atoms with Crippen molar-refractivity contribution < 1.29 is 9.53 Å². The standard InChI is InChI=1S/C15H28N2O2/c1-11(2)5-4-6-17-14-7-13(16-12(3)18)8-15(17)10-19-9-14/h11,13-15H,4-10H2,1-3H3,(H,16,18). The topological polar surface area (TPSA) is 41.6 Å². The Kier molecular flexibility index (Phi) is 5.22. The summed E-state index contributed by atoms with van der Waals surface area (Å²) in [5.41, 5.74) is 0. The Morgan fingerprint density at radius 1 is 1.32 bits per heavy atom. The van der Waals surface area contributed by atoms with Gasteiger partial charge in [0.15, 0.2) is 0 Å². The molecule has 0 aliphatic carbocycles. The van der Waals surface area contributed by atoms with E-state index in [9.17, 15) is 4.79 Å². The quantitative estimate of drug-likeness (QED) is 0.826. The van der Waals surface area contributed by atoms with Crippen molar-refractivity contribution in [2.75, 3.05) is 19.8 Å². The van der Waals surface area contributed by atoms with Crippen LogP contribution in [0, 0.1) is 5.92 Å². The fourth-order valence-electron chi connectivity index (χ4n) is 3.44. The van der Waals surface area contributed by atoms with Crippen molar-refractivity contribution in [3.63, 3.8) is 0 Å². The molecule has 0 radical (unpaired) electrons. The van der Waals surface area contributed by atoms with Gasteiger partial charge < -0.3 is 10.1 Å². The van der Waals surface area contributed by atoms with Gasteiger partial charge in [0, 0.05) is 25.0 Å². The van der Waals surface area contributed by atoms with E-state index in [1.165, 1.54) is 19.4 Å². The van der Waals surface area contributed by atoms with Crippen LogP contribution in [0.5, 0.6) is 0 Å². The van der Waals surface area contributed by atoms with E-state index in [0.29, 0.717) is 18.1 Å². The van der Waals surface area contributed by atoms with Crippen LogP contribution in [0.25, 0.3) is 0 Å². The van der Waals surface area contributed by atoms with E-state index >= 15 is 0 Å². The molecular formula is C15H28N2O2. The predicted molar refractivity (Wildman–Crippen MR) is 76.0 cm³/mol. The molecule has 1 N–H and O–H groups in total. The van der Waals surface area contributed by atoms with Gasteiger partial charge in [-0.15, -0.1) is 0 Å². The number of piperidine rings is 1. The van der Waals surface area contributed by atoms with Gasteiger partial charge in [-0.05, 0) is 38.1 Å². The third-order valence-electron chi connectivity index (χ3n) is 4.28. The molecule has 0 saturated carbocycles. The zero-order valence-electron chi connectivity index (χ0n) is 12.5. The summed E-state index contributed by atoms with van der Waals surface area (Å²) in [6.45, 7) is 9.02. The highest BCUT2D eigenvalue weighted by Gasteiger charge is 2.38. The Labute approximate surface area is 116 Å². The normalized spacial score (nSPS) is 31.5. The van der Waals surface area contributed by atoms with Crippen molar-refractivity contribution in [1.29, 1.82) is 0 Å². The van der Waals surface area contributed by atoms with Crippen molar-refractivity contribution in [3.05, 3.63) is 0 Å². The number of rotatable bonds is 5. The number of morpholine rings is 1. The summed E-state index contributed by atoms with van der Waals surface area (Å²) in [6.07, 6.45) is 4.65. The number of hydrogen-bond donors (Lipinski definition) is 1. The van der Waals surface area contributed by atoms with Gasteiger partial charge in [-0.2, -0.15) is 0 Å². The number of carbonyl (C=O) groups is 1. The molecule has 19 heavy (non-hydrogen) atoms. The smallest absolute Gasteiger partial charge is 0.217 e. The minimum absolute atomic E-state index is 0.0947. The van der Waals surface area contributed by atoms with Gasteiger partial charge in [0.05, 0.1) is 13.2 Å². The molecule has 2 atom stereocenters. The summed E-state index contributed by atoms with van der Waals surface area (Å²) >= 11 is 0. The van der Waals surface area contributed by atoms with E-state index in [0.717, 1.165) is 32.0 Å². The largest absolute Gasteiger partial charge is 0.378 e. The van der Waals surface area contributed by atoms with Crippen LogP contribution in [-0.4, -0.2) is 48.7 Å². The van der Waals surface area contributed by atoms with Gasteiger partial charge in [-0.1, -0.05) is 13.8 Å². The molecule has 2 saturated heterocycles. The van der Waals surface area contributed by atoms with Gasteiger partial charge in [0.1, 0.15) is 0 Å². The Hall–Kier alpha value is -0.610. The van der Waals surface area contributed by atoms with Crippen molar-refractivity contribution >= 4 is 5.91 Å². The van der Waals surface area contributed by atoms with E-state index < -0.39 is 0 Å². The molecule has 2 heterocycles. The minimum Gasteiger partial charge on any atom is -0.378 e.